The van der Waals surface area contributed by atoms with Crippen LogP contribution in [0.25, 0.3) is 10.9 Å². The van der Waals surface area contributed by atoms with Crippen LogP contribution in [0.5, 0.6) is 0 Å². The number of nitrogens with one attached hydrogen (secondary N) is 2. The highest BCUT2D eigenvalue weighted by Crippen LogP contribution is 2.21. The minimum absolute atomic E-state index is 0.496. The molecule has 0 aliphatic carbocycles. The minimum atomic E-state index is 0.496. The van der Waals surface area contributed by atoms with Gasteiger partial charge in [-0.15, -0.1) is 0 Å². The van der Waals surface area contributed by atoms with E-state index in [0.717, 1.165) is 25.9 Å². The zero-order valence-electron chi connectivity index (χ0n) is 13.3. The predicted octanol–water partition coefficient (Wildman–Crippen LogP) is 3.28. The van der Waals surface area contributed by atoms with Crippen LogP contribution in [0.3, 0.4) is 0 Å². The van der Waals surface area contributed by atoms with Crippen LogP contribution in [-0.2, 0) is 13.0 Å². The normalized spacial score (nSPS) is 12.8. The van der Waals surface area contributed by atoms with E-state index < -0.39 is 0 Å². The first-order valence-corrected chi connectivity index (χ1v) is 8.00. The first-order valence-electron chi connectivity index (χ1n) is 8.00. The van der Waals surface area contributed by atoms with Gasteiger partial charge in [0.1, 0.15) is 0 Å². The van der Waals surface area contributed by atoms with Gasteiger partial charge in [-0.3, -0.25) is 4.68 Å². The van der Waals surface area contributed by atoms with Crippen molar-refractivity contribution in [2.24, 2.45) is 0 Å². The summed E-state index contributed by atoms with van der Waals surface area (Å²) in [6, 6.07) is 8.95. The molecule has 0 amide bonds. The number of hydrogen-bond donors (Lipinski definition) is 2. The number of aromatic amines is 1. The monoisotopic (exact) mass is 296 g/mol. The molecule has 3 rings (SSSR count). The molecule has 3 aromatic rings. The van der Waals surface area contributed by atoms with Crippen molar-refractivity contribution < 1.29 is 0 Å². The van der Waals surface area contributed by atoms with Gasteiger partial charge < -0.3 is 10.3 Å². The molecule has 1 atom stereocenters. The Morgan fingerprint density at radius 2 is 2.23 bits per heavy atom. The summed E-state index contributed by atoms with van der Waals surface area (Å²) in [6.45, 7) is 6.36. The van der Waals surface area contributed by atoms with Gasteiger partial charge in [0, 0.05) is 42.1 Å². The highest BCUT2D eigenvalue weighted by molar-refractivity contribution is 5.85. The van der Waals surface area contributed by atoms with E-state index >= 15 is 0 Å². The Balaban J connectivity index is 1.48. The molecule has 0 saturated heterocycles. The molecule has 4 heteroatoms. The number of H-pyrrole nitrogens is 1. The Bertz CT molecular complexity index is 712. The second-order valence-electron chi connectivity index (χ2n) is 5.97. The van der Waals surface area contributed by atoms with Gasteiger partial charge in [-0.1, -0.05) is 18.2 Å². The number of fused-ring (bicyclic) bond motifs is 1. The second-order valence-corrected chi connectivity index (χ2v) is 5.97. The summed E-state index contributed by atoms with van der Waals surface area (Å²) in [7, 11) is 0. The molecule has 1 aromatic carbocycles. The molecule has 2 N–H and O–H groups in total. The molecular formula is C18H24N4. The van der Waals surface area contributed by atoms with Crippen LogP contribution in [0.15, 0.2) is 42.9 Å². The van der Waals surface area contributed by atoms with E-state index in [4.69, 9.17) is 0 Å². The lowest BCUT2D eigenvalue weighted by atomic mass is 10.1. The van der Waals surface area contributed by atoms with Crippen molar-refractivity contribution in [3.05, 3.63) is 54.0 Å². The summed E-state index contributed by atoms with van der Waals surface area (Å²) in [4.78, 5) is 3.40. The van der Waals surface area contributed by atoms with Gasteiger partial charge in [-0.25, -0.2) is 0 Å². The van der Waals surface area contributed by atoms with Crippen LogP contribution >= 0.6 is 0 Å². The molecule has 0 radical (unpaired) electrons. The molecule has 0 spiro atoms. The van der Waals surface area contributed by atoms with Crippen LogP contribution in [0.2, 0.25) is 0 Å². The van der Waals surface area contributed by atoms with Crippen molar-refractivity contribution in [1.82, 2.24) is 20.1 Å². The summed E-state index contributed by atoms with van der Waals surface area (Å²) in [5.74, 6) is 0. The van der Waals surface area contributed by atoms with Crippen LogP contribution < -0.4 is 5.32 Å². The van der Waals surface area contributed by atoms with E-state index in [1.165, 1.54) is 22.0 Å². The molecule has 0 unspecified atom stereocenters. The van der Waals surface area contributed by atoms with Gasteiger partial charge in [0.25, 0.3) is 0 Å². The van der Waals surface area contributed by atoms with Crippen LogP contribution in [0.4, 0.5) is 0 Å². The third kappa shape index (κ3) is 3.39. The number of rotatable bonds is 7. The second kappa shape index (κ2) is 6.79. The van der Waals surface area contributed by atoms with Crippen molar-refractivity contribution in [2.45, 2.75) is 39.3 Å². The van der Waals surface area contributed by atoms with Crippen molar-refractivity contribution in [3.8, 4) is 0 Å². The molecule has 0 fully saturated rings. The molecule has 0 saturated carbocycles. The van der Waals surface area contributed by atoms with Gasteiger partial charge in [-0.05, 0) is 50.4 Å². The summed E-state index contributed by atoms with van der Waals surface area (Å²) in [5.41, 5.74) is 3.97. The maximum Gasteiger partial charge on any atom is 0.0489 e. The quantitative estimate of drug-likeness (QED) is 0.703. The predicted molar refractivity (Wildman–Crippen MR) is 91.0 cm³/mol. The fourth-order valence-corrected chi connectivity index (χ4v) is 2.88. The number of para-hydroxylation sites is 1. The molecule has 0 aliphatic rings. The molecule has 4 nitrogen and oxygen atoms in total. The number of nitrogens with zero attached hydrogens (tertiary/aromatic N) is 2. The summed E-state index contributed by atoms with van der Waals surface area (Å²) in [6.07, 6.45) is 8.14. The topological polar surface area (TPSA) is 45.6 Å². The average Bonchev–Trinajstić information content (AvgIpc) is 3.16. The molecule has 0 aliphatic heterocycles. The van der Waals surface area contributed by atoms with E-state index in [9.17, 15) is 0 Å². The maximum atomic E-state index is 4.24. The third-order valence-electron chi connectivity index (χ3n) is 4.25. The first kappa shape index (κ1) is 14.9. The minimum Gasteiger partial charge on any atom is -0.361 e. The van der Waals surface area contributed by atoms with E-state index in [-0.39, 0.29) is 0 Å². The molecular weight excluding hydrogens is 272 g/mol. The van der Waals surface area contributed by atoms with Gasteiger partial charge >= 0.3 is 0 Å². The zero-order chi connectivity index (χ0) is 15.4. The molecule has 0 bridgehead atoms. The molecule has 22 heavy (non-hydrogen) atoms. The van der Waals surface area contributed by atoms with Crippen molar-refractivity contribution >= 4 is 10.9 Å². The van der Waals surface area contributed by atoms with Gasteiger partial charge in [0.15, 0.2) is 0 Å². The van der Waals surface area contributed by atoms with E-state index in [1.807, 2.05) is 23.1 Å². The van der Waals surface area contributed by atoms with Crippen molar-refractivity contribution in [1.29, 1.82) is 0 Å². The third-order valence-corrected chi connectivity index (χ3v) is 4.25. The van der Waals surface area contributed by atoms with Crippen molar-refractivity contribution in [2.75, 3.05) is 6.54 Å². The van der Waals surface area contributed by atoms with Gasteiger partial charge in [0.05, 0.1) is 0 Å². The lowest BCUT2D eigenvalue weighted by Crippen LogP contribution is -2.29. The lowest BCUT2D eigenvalue weighted by molar-refractivity contribution is 0.461. The van der Waals surface area contributed by atoms with E-state index in [1.54, 1.807) is 0 Å². The fraction of sp³-hybridized carbons (Fsp3) is 0.389. The molecule has 2 aromatic heterocycles. The summed E-state index contributed by atoms with van der Waals surface area (Å²) < 4.78 is 1.99. The first-order chi connectivity index (χ1) is 10.7. The summed E-state index contributed by atoms with van der Waals surface area (Å²) >= 11 is 0. The number of aryl methyl sites for hydroxylation is 2. The Kier molecular flexibility index (Phi) is 4.59. The number of aromatic nitrogens is 3. The summed E-state index contributed by atoms with van der Waals surface area (Å²) in [5, 5.41) is 9.20. The fourth-order valence-electron chi connectivity index (χ4n) is 2.88. The van der Waals surface area contributed by atoms with Crippen LogP contribution in [-0.4, -0.2) is 27.4 Å². The van der Waals surface area contributed by atoms with Gasteiger partial charge in [0.2, 0.25) is 0 Å². The number of hydrogen-bond acceptors (Lipinski definition) is 2. The largest absolute Gasteiger partial charge is 0.361 e. The molecule has 2 heterocycles. The highest BCUT2D eigenvalue weighted by Gasteiger charge is 2.06. The zero-order valence-corrected chi connectivity index (χ0v) is 13.3. The van der Waals surface area contributed by atoms with E-state index in [0.29, 0.717) is 6.04 Å². The Hall–Kier alpha value is -2.07. The van der Waals surface area contributed by atoms with E-state index in [2.05, 4.69) is 53.6 Å². The van der Waals surface area contributed by atoms with Crippen molar-refractivity contribution in [3.63, 3.8) is 0 Å². The standard InChI is InChI=1S/C18H24N4/c1-14-5-3-6-17-16(13-20-18(14)17)7-10-19-15(2)8-12-22-11-4-9-21-22/h3-6,9,11,13,15,19-20H,7-8,10,12H2,1-2H3/t15-/m1/s1. The van der Waals surface area contributed by atoms with Crippen LogP contribution in [0, 0.1) is 6.92 Å². The Labute approximate surface area is 131 Å². The number of benzene rings is 1. The smallest absolute Gasteiger partial charge is 0.0489 e. The lowest BCUT2D eigenvalue weighted by Gasteiger charge is -2.13. The Morgan fingerprint density at radius 3 is 3.05 bits per heavy atom. The maximum absolute atomic E-state index is 4.24. The Morgan fingerprint density at radius 1 is 1.32 bits per heavy atom. The SMILES string of the molecule is Cc1cccc2c(CCN[C@H](C)CCn3cccn3)c[nH]c12. The van der Waals surface area contributed by atoms with Gasteiger partial charge in [-0.2, -0.15) is 5.10 Å². The van der Waals surface area contributed by atoms with Crippen LogP contribution in [0.1, 0.15) is 24.5 Å². The molecule has 116 valence electrons. The average molecular weight is 296 g/mol. The highest BCUT2D eigenvalue weighted by atomic mass is 15.3.